The van der Waals surface area contributed by atoms with Crippen LogP contribution in [0, 0.1) is 5.92 Å². The summed E-state index contributed by atoms with van der Waals surface area (Å²) in [7, 11) is 0. The lowest BCUT2D eigenvalue weighted by atomic mass is 9.84. The first kappa shape index (κ1) is 25.9. The molecule has 1 saturated carbocycles. The zero-order chi connectivity index (χ0) is 25.0. The van der Waals surface area contributed by atoms with Gasteiger partial charge in [-0.2, -0.15) is 13.9 Å². The third kappa shape index (κ3) is 7.63. The Hall–Kier alpha value is -2.21. The molecule has 7 nitrogen and oxygen atoms in total. The summed E-state index contributed by atoms with van der Waals surface area (Å²) in [5.74, 6) is -2.45. The van der Waals surface area contributed by atoms with Crippen molar-refractivity contribution in [1.82, 2.24) is 25.0 Å². The number of rotatable bonds is 10. The van der Waals surface area contributed by atoms with Crippen molar-refractivity contribution in [3.05, 3.63) is 28.5 Å². The molecule has 0 saturated heterocycles. The molecule has 2 aliphatic rings. The minimum atomic E-state index is -2.87. The number of ether oxygens (including phenoxy) is 1. The smallest absolute Gasteiger partial charge is 0.333 e. The maximum Gasteiger partial charge on any atom is 0.333 e. The molecule has 0 atom stereocenters. The van der Waals surface area contributed by atoms with Gasteiger partial charge < -0.3 is 10.1 Å². The SMILES string of the molecule is CC(F)(F)COc1nc2c(s1)CCN(CC[C@H]1CC[C@H](NC(=O)Cc3cnn(C(F)F)c3)CC1)C2. The van der Waals surface area contributed by atoms with E-state index in [1.165, 1.54) is 23.7 Å². The molecular weight excluding hydrogens is 486 g/mol. The van der Waals surface area contributed by atoms with E-state index < -0.39 is 19.1 Å². The van der Waals surface area contributed by atoms with Crippen LogP contribution in [0.25, 0.3) is 0 Å². The summed E-state index contributed by atoms with van der Waals surface area (Å²) in [6.07, 6.45) is 8.36. The molecule has 3 heterocycles. The van der Waals surface area contributed by atoms with Crippen LogP contribution in [-0.4, -0.2) is 57.2 Å². The van der Waals surface area contributed by atoms with Crippen LogP contribution >= 0.6 is 11.3 Å². The zero-order valence-electron chi connectivity index (χ0n) is 19.7. The second kappa shape index (κ2) is 11.2. The number of carbonyl (C=O) groups is 1. The molecule has 0 bridgehead atoms. The number of alkyl halides is 4. The number of nitrogens with one attached hydrogen (secondary N) is 1. The summed E-state index contributed by atoms with van der Waals surface area (Å²) in [5.41, 5.74) is 1.41. The number of nitrogens with zero attached hydrogens (tertiary/aromatic N) is 4. The Morgan fingerprint density at radius 3 is 2.77 bits per heavy atom. The molecule has 4 rings (SSSR count). The molecule has 0 radical (unpaired) electrons. The predicted octanol–water partition coefficient (Wildman–Crippen LogP) is 4.43. The Labute approximate surface area is 205 Å². The van der Waals surface area contributed by atoms with E-state index in [0.29, 0.717) is 27.9 Å². The van der Waals surface area contributed by atoms with Crippen LogP contribution in [-0.2, 0) is 24.2 Å². The van der Waals surface area contributed by atoms with Crippen molar-refractivity contribution in [1.29, 1.82) is 0 Å². The number of thiazole rings is 1. The molecule has 0 aromatic carbocycles. The van der Waals surface area contributed by atoms with Gasteiger partial charge in [0.05, 0.1) is 18.3 Å². The summed E-state index contributed by atoms with van der Waals surface area (Å²) in [4.78, 5) is 20.2. The van der Waals surface area contributed by atoms with Crippen molar-refractivity contribution < 1.29 is 27.1 Å². The summed E-state index contributed by atoms with van der Waals surface area (Å²) >= 11 is 1.37. The summed E-state index contributed by atoms with van der Waals surface area (Å²) in [5, 5.41) is 6.91. The van der Waals surface area contributed by atoms with E-state index in [1.54, 1.807) is 0 Å². The van der Waals surface area contributed by atoms with Gasteiger partial charge in [0.2, 0.25) is 5.91 Å². The fraction of sp³-hybridized carbons (Fsp3) is 0.696. The highest BCUT2D eigenvalue weighted by atomic mass is 32.1. The quantitative estimate of drug-likeness (QED) is 0.472. The second-order valence-electron chi connectivity index (χ2n) is 9.59. The average Bonchev–Trinajstić information content (AvgIpc) is 3.43. The van der Waals surface area contributed by atoms with Gasteiger partial charge in [0, 0.05) is 37.1 Å². The van der Waals surface area contributed by atoms with E-state index in [1.807, 2.05) is 0 Å². The van der Waals surface area contributed by atoms with Crippen LogP contribution in [0.15, 0.2) is 12.4 Å². The van der Waals surface area contributed by atoms with Crippen molar-refractivity contribution >= 4 is 17.2 Å². The number of hydrogen-bond donors (Lipinski definition) is 1. The van der Waals surface area contributed by atoms with Crippen molar-refractivity contribution in [2.24, 2.45) is 5.92 Å². The standard InChI is InChI=1S/C23H31F4N5O2S/c1-23(26,27)14-34-22-30-18-13-31(9-7-19(18)35-22)8-6-15-2-4-17(5-3-15)29-20(33)10-16-11-28-32(12-16)21(24)25/h11-12,15,17,21H,2-10,13-14H2,1H3,(H,29,33)/t15-,17-. The Bertz CT molecular complexity index is 985. The van der Waals surface area contributed by atoms with Crippen LogP contribution in [0.3, 0.4) is 0 Å². The Balaban J connectivity index is 1.14. The molecule has 1 aliphatic heterocycles. The first-order valence-corrected chi connectivity index (χ1v) is 12.8. The number of hydrogen-bond acceptors (Lipinski definition) is 6. The maximum absolute atomic E-state index is 13.0. The van der Waals surface area contributed by atoms with Gasteiger partial charge >= 0.3 is 6.55 Å². The van der Waals surface area contributed by atoms with Crippen molar-refractivity contribution in [2.45, 2.75) is 76.9 Å². The molecule has 35 heavy (non-hydrogen) atoms. The molecular formula is C23H31F4N5O2S. The van der Waals surface area contributed by atoms with Crippen molar-refractivity contribution in [2.75, 3.05) is 19.7 Å². The van der Waals surface area contributed by atoms with E-state index in [-0.39, 0.29) is 18.4 Å². The van der Waals surface area contributed by atoms with Gasteiger partial charge in [-0.25, -0.2) is 18.4 Å². The van der Waals surface area contributed by atoms with E-state index in [0.717, 1.165) is 69.1 Å². The number of halogens is 4. The first-order chi connectivity index (χ1) is 16.6. The average molecular weight is 518 g/mol. The van der Waals surface area contributed by atoms with E-state index >= 15 is 0 Å². The van der Waals surface area contributed by atoms with Gasteiger partial charge in [-0.1, -0.05) is 11.3 Å². The van der Waals surface area contributed by atoms with Gasteiger partial charge in [0.25, 0.3) is 11.1 Å². The summed E-state index contributed by atoms with van der Waals surface area (Å²) < 4.78 is 57.0. The molecule has 1 N–H and O–H groups in total. The van der Waals surface area contributed by atoms with Crippen LogP contribution in [0.5, 0.6) is 5.19 Å². The predicted molar refractivity (Wildman–Crippen MR) is 123 cm³/mol. The van der Waals surface area contributed by atoms with Crippen LogP contribution < -0.4 is 10.1 Å². The number of fused-ring (bicyclic) bond motifs is 1. The molecule has 1 amide bonds. The van der Waals surface area contributed by atoms with Gasteiger partial charge in [-0.3, -0.25) is 9.69 Å². The molecule has 2 aromatic heterocycles. The van der Waals surface area contributed by atoms with Crippen molar-refractivity contribution in [3.8, 4) is 5.19 Å². The lowest BCUT2D eigenvalue weighted by Gasteiger charge is -2.32. The maximum atomic E-state index is 13.0. The summed E-state index contributed by atoms with van der Waals surface area (Å²) in [6, 6.07) is 0.116. The minimum Gasteiger partial charge on any atom is -0.464 e. The van der Waals surface area contributed by atoms with Crippen molar-refractivity contribution in [3.63, 3.8) is 0 Å². The molecule has 2 aromatic rings. The van der Waals surface area contributed by atoms with E-state index in [4.69, 9.17) is 4.74 Å². The lowest BCUT2D eigenvalue weighted by molar-refractivity contribution is -0.121. The molecule has 1 aliphatic carbocycles. The van der Waals surface area contributed by atoms with Gasteiger partial charge in [-0.05, 0) is 56.6 Å². The molecule has 0 spiro atoms. The largest absolute Gasteiger partial charge is 0.464 e. The first-order valence-electron chi connectivity index (χ1n) is 12.0. The number of aromatic nitrogens is 3. The molecule has 12 heteroatoms. The topological polar surface area (TPSA) is 72.3 Å². The van der Waals surface area contributed by atoms with E-state index in [9.17, 15) is 22.4 Å². The Morgan fingerprint density at radius 2 is 2.09 bits per heavy atom. The number of carbonyl (C=O) groups excluding carboxylic acids is 1. The second-order valence-corrected chi connectivity index (χ2v) is 10.6. The van der Waals surface area contributed by atoms with Crippen LogP contribution in [0.4, 0.5) is 17.6 Å². The molecule has 0 unspecified atom stereocenters. The highest BCUT2D eigenvalue weighted by Gasteiger charge is 2.27. The lowest BCUT2D eigenvalue weighted by Crippen LogP contribution is -2.39. The van der Waals surface area contributed by atoms with Gasteiger partial charge in [-0.15, -0.1) is 0 Å². The third-order valence-electron chi connectivity index (χ3n) is 6.52. The molecule has 194 valence electrons. The highest BCUT2D eigenvalue weighted by molar-refractivity contribution is 7.13. The van der Waals surface area contributed by atoms with Crippen LogP contribution in [0.2, 0.25) is 0 Å². The Morgan fingerprint density at radius 1 is 1.31 bits per heavy atom. The summed E-state index contributed by atoms with van der Waals surface area (Å²) in [6.45, 7) is 0.0607. The third-order valence-corrected chi connectivity index (χ3v) is 7.59. The fourth-order valence-electron chi connectivity index (χ4n) is 4.67. The zero-order valence-corrected chi connectivity index (χ0v) is 20.5. The van der Waals surface area contributed by atoms with Crippen LogP contribution in [0.1, 0.15) is 61.7 Å². The van der Waals surface area contributed by atoms with Gasteiger partial charge in [0.15, 0.2) is 6.61 Å². The monoisotopic (exact) mass is 517 g/mol. The van der Waals surface area contributed by atoms with E-state index in [2.05, 4.69) is 20.3 Å². The van der Waals surface area contributed by atoms with Gasteiger partial charge in [0.1, 0.15) is 0 Å². The normalized spacial score (nSPS) is 21.2. The highest BCUT2D eigenvalue weighted by Crippen LogP contribution is 2.32. The Kier molecular flexibility index (Phi) is 8.31. The number of amides is 1. The minimum absolute atomic E-state index is 0.0494. The fourth-order valence-corrected chi connectivity index (χ4v) is 5.58. The molecule has 1 fully saturated rings.